The van der Waals surface area contributed by atoms with E-state index in [0.29, 0.717) is 29.4 Å². The Morgan fingerprint density at radius 2 is 1.55 bits per heavy atom. The van der Waals surface area contributed by atoms with E-state index >= 15 is 0 Å². The normalized spacial score (nSPS) is 15.2. The molecule has 152 valence electrons. The zero-order valence-electron chi connectivity index (χ0n) is 16.7. The first-order valence-electron chi connectivity index (χ1n) is 8.94. The molecule has 0 radical (unpaired) electrons. The SMILES string of the molecule is COc1cc(C=C2C(=O)OC(C)(C)OC2=O)cc(OCc2ccccc2)c1OC. The molecule has 7 heteroatoms. The van der Waals surface area contributed by atoms with Gasteiger partial charge in [-0.1, -0.05) is 30.3 Å². The molecule has 0 aromatic heterocycles. The van der Waals surface area contributed by atoms with Crippen LogP contribution in [0.1, 0.15) is 25.0 Å². The molecule has 2 aromatic carbocycles. The molecule has 1 saturated heterocycles. The van der Waals surface area contributed by atoms with Crippen LogP contribution in [0.3, 0.4) is 0 Å². The Kier molecular flexibility index (Phi) is 5.77. The highest BCUT2D eigenvalue weighted by Crippen LogP contribution is 2.39. The van der Waals surface area contributed by atoms with E-state index in [1.54, 1.807) is 12.1 Å². The van der Waals surface area contributed by atoms with Crippen molar-refractivity contribution >= 4 is 18.0 Å². The number of carbonyl (C=O) groups excluding carboxylic acids is 2. The minimum atomic E-state index is -1.30. The second-order valence-corrected chi connectivity index (χ2v) is 6.77. The van der Waals surface area contributed by atoms with Gasteiger partial charge in [-0.25, -0.2) is 9.59 Å². The molecule has 2 aromatic rings. The summed E-state index contributed by atoms with van der Waals surface area (Å²) in [5.41, 5.74) is 1.25. The third-order valence-electron chi connectivity index (χ3n) is 4.13. The minimum absolute atomic E-state index is 0.217. The fourth-order valence-electron chi connectivity index (χ4n) is 2.82. The summed E-state index contributed by atoms with van der Waals surface area (Å²) >= 11 is 0. The molecule has 0 aliphatic carbocycles. The molecule has 0 bridgehead atoms. The number of ether oxygens (including phenoxy) is 5. The van der Waals surface area contributed by atoms with Crippen LogP contribution in [0.5, 0.6) is 17.2 Å². The molecule has 1 aliphatic rings. The zero-order chi connectivity index (χ0) is 21.0. The second-order valence-electron chi connectivity index (χ2n) is 6.77. The second kappa shape index (κ2) is 8.26. The summed E-state index contributed by atoms with van der Waals surface area (Å²) in [6, 6.07) is 12.9. The Labute approximate surface area is 168 Å². The Hall–Kier alpha value is -3.48. The number of cyclic esters (lactones) is 2. The lowest BCUT2D eigenvalue weighted by atomic mass is 10.1. The number of esters is 2. The third kappa shape index (κ3) is 4.68. The molecule has 7 nitrogen and oxygen atoms in total. The van der Waals surface area contributed by atoms with Crippen molar-refractivity contribution in [3.63, 3.8) is 0 Å². The summed E-state index contributed by atoms with van der Waals surface area (Å²) in [5.74, 6) is -1.61. The number of rotatable bonds is 6. The number of carbonyl (C=O) groups is 2. The van der Waals surface area contributed by atoms with Gasteiger partial charge >= 0.3 is 11.9 Å². The van der Waals surface area contributed by atoms with Crippen molar-refractivity contribution in [1.29, 1.82) is 0 Å². The van der Waals surface area contributed by atoms with Gasteiger partial charge in [0.1, 0.15) is 12.2 Å². The summed E-state index contributed by atoms with van der Waals surface area (Å²) in [7, 11) is 2.99. The standard InChI is InChI=1S/C22H22O7/c1-22(2)28-20(23)16(21(24)29-22)10-15-11-17(25-3)19(26-4)18(12-15)27-13-14-8-6-5-7-9-14/h5-12H,13H2,1-4H3. The highest BCUT2D eigenvalue weighted by Gasteiger charge is 2.38. The Bertz CT molecular complexity index is 923. The lowest BCUT2D eigenvalue weighted by Crippen LogP contribution is -2.41. The summed E-state index contributed by atoms with van der Waals surface area (Å²) in [4.78, 5) is 24.4. The van der Waals surface area contributed by atoms with Crippen LogP contribution in [0.2, 0.25) is 0 Å². The number of hydrogen-bond donors (Lipinski definition) is 0. The van der Waals surface area contributed by atoms with Crippen LogP contribution < -0.4 is 14.2 Å². The van der Waals surface area contributed by atoms with Gasteiger partial charge in [-0.05, 0) is 29.3 Å². The van der Waals surface area contributed by atoms with Crippen LogP contribution >= 0.6 is 0 Å². The summed E-state index contributed by atoms with van der Waals surface area (Å²) in [6.07, 6.45) is 1.37. The van der Waals surface area contributed by atoms with Crippen LogP contribution in [0.15, 0.2) is 48.0 Å². The van der Waals surface area contributed by atoms with Crippen molar-refractivity contribution in [2.45, 2.75) is 26.2 Å². The predicted molar refractivity (Wildman–Crippen MR) is 105 cm³/mol. The van der Waals surface area contributed by atoms with Gasteiger partial charge in [0, 0.05) is 13.8 Å². The Balaban J connectivity index is 1.95. The smallest absolute Gasteiger partial charge is 0.348 e. The summed E-state index contributed by atoms with van der Waals surface area (Å²) < 4.78 is 27.0. The molecule has 0 spiro atoms. The molecule has 1 aliphatic heterocycles. The van der Waals surface area contributed by atoms with Crippen LogP contribution in [0.4, 0.5) is 0 Å². The number of hydrogen-bond acceptors (Lipinski definition) is 7. The van der Waals surface area contributed by atoms with Crippen molar-refractivity contribution in [3.8, 4) is 17.2 Å². The molecular formula is C22H22O7. The van der Waals surface area contributed by atoms with Crippen LogP contribution in [-0.2, 0) is 25.7 Å². The van der Waals surface area contributed by atoms with E-state index in [-0.39, 0.29) is 5.57 Å². The van der Waals surface area contributed by atoms with Gasteiger partial charge in [0.05, 0.1) is 14.2 Å². The molecule has 1 heterocycles. The lowest BCUT2D eigenvalue weighted by Gasteiger charge is -2.29. The Morgan fingerprint density at radius 3 is 2.14 bits per heavy atom. The van der Waals surface area contributed by atoms with Crippen molar-refractivity contribution < 1.29 is 33.3 Å². The van der Waals surface area contributed by atoms with Gasteiger partial charge in [-0.15, -0.1) is 0 Å². The maximum absolute atomic E-state index is 12.2. The fraction of sp³-hybridized carbons (Fsp3) is 0.273. The third-order valence-corrected chi connectivity index (χ3v) is 4.13. The molecule has 0 atom stereocenters. The first-order valence-corrected chi connectivity index (χ1v) is 8.94. The minimum Gasteiger partial charge on any atom is -0.493 e. The van der Waals surface area contributed by atoms with Crippen molar-refractivity contribution in [3.05, 3.63) is 59.2 Å². The quantitative estimate of drug-likeness (QED) is 0.418. The van der Waals surface area contributed by atoms with Gasteiger partial charge in [-0.3, -0.25) is 0 Å². The average Bonchev–Trinajstić information content (AvgIpc) is 2.68. The van der Waals surface area contributed by atoms with Gasteiger partial charge < -0.3 is 23.7 Å². The highest BCUT2D eigenvalue weighted by molar-refractivity contribution is 6.18. The summed E-state index contributed by atoms with van der Waals surface area (Å²) in [5, 5.41) is 0. The maximum Gasteiger partial charge on any atom is 0.348 e. The van der Waals surface area contributed by atoms with Gasteiger partial charge in [0.2, 0.25) is 5.75 Å². The molecule has 29 heavy (non-hydrogen) atoms. The predicted octanol–water partition coefficient (Wildman–Crippen LogP) is 3.50. The highest BCUT2D eigenvalue weighted by atomic mass is 16.7. The molecule has 0 unspecified atom stereocenters. The van der Waals surface area contributed by atoms with E-state index < -0.39 is 17.7 Å². The number of benzene rings is 2. The monoisotopic (exact) mass is 398 g/mol. The van der Waals surface area contributed by atoms with Crippen LogP contribution in [0.25, 0.3) is 6.08 Å². The van der Waals surface area contributed by atoms with Crippen molar-refractivity contribution in [2.24, 2.45) is 0 Å². The molecule has 3 rings (SSSR count). The molecular weight excluding hydrogens is 376 g/mol. The van der Waals surface area contributed by atoms with Gasteiger partial charge in [0.25, 0.3) is 5.79 Å². The summed E-state index contributed by atoms with van der Waals surface area (Å²) in [6.45, 7) is 3.29. The van der Waals surface area contributed by atoms with Crippen LogP contribution in [0, 0.1) is 0 Å². The van der Waals surface area contributed by atoms with E-state index in [4.69, 9.17) is 23.7 Å². The van der Waals surface area contributed by atoms with Crippen molar-refractivity contribution in [2.75, 3.05) is 14.2 Å². The van der Waals surface area contributed by atoms with Crippen molar-refractivity contribution in [1.82, 2.24) is 0 Å². The number of methoxy groups -OCH3 is 2. The van der Waals surface area contributed by atoms with Crippen LogP contribution in [-0.4, -0.2) is 31.9 Å². The zero-order valence-corrected chi connectivity index (χ0v) is 16.7. The first kappa shape index (κ1) is 20.3. The molecule has 0 N–H and O–H groups in total. The lowest BCUT2D eigenvalue weighted by molar-refractivity contribution is -0.222. The average molecular weight is 398 g/mol. The molecule has 0 saturated carbocycles. The largest absolute Gasteiger partial charge is 0.493 e. The Morgan fingerprint density at radius 1 is 0.931 bits per heavy atom. The topological polar surface area (TPSA) is 80.3 Å². The van der Waals surface area contributed by atoms with Gasteiger partial charge in [-0.2, -0.15) is 0 Å². The van der Waals surface area contributed by atoms with E-state index in [1.165, 1.54) is 34.1 Å². The maximum atomic E-state index is 12.2. The van der Waals surface area contributed by atoms with Gasteiger partial charge in [0.15, 0.2) is 11.5 Å². The first-order chi connectivity index (χ1) is 13.8. The molecule has 0 amide bonds. The van der Waals surface area contributed by atoms with E-state index in [2.05, 4.69) is 0 Å². The van der Waals surface area contributed by atoms with E-state index in [9.17, 15) is 9.59 Å². The fourth-order valence-corrected chi connectivity index (χ4v) is 2.82. The molecule has 1 fully saturated rings. The van der Waals surface area contributed by atoms with E-state index in [1.807, 2.05) is 30.3 Å². The van der Waals surface area contributed by atoms with E-state index in [0.717, 1.165) is 5.56 Å².